The highest BCUT2D eigenvalue weighted by molar-refractivity contribution is 7.87. The molecule has 1 aliphatic heterocycles. The quantitative estimate of drug-likeness (QED) is 0.847. The number of fused-ring (bicyclic) bond motifs is 1. The molecular weight excluding hydrogens is 254 g/mol. The van der Waals surface area contributed by atoms with Crippen molar-refractivity contribution < 1.29 is 18.9 Å². The van der Waals surface area contributed by atoms with E-state index in [1.54, 1.807) is 6.07 Å². The largest absolute Gasteiger partial charge is 0.481 e. The Bertz CT molecular complexity index is 515. The number of para-hydroxylation sites is 1. The molecule has 1 aliphatic rings. The van der Waals surface area contributed by atoms with E-state index in [4.69, 9.17) is 5.11 Å². The van der Waals surface area contributed by atoms with Crippen LogP contribution in [0.2, 0.25) is 0 Å². The number of aliphatic carboxylic acids is 1. The number of anilines is 1. The van der Waals surface area contributed by atoms with Gasteiger partial charge < -0.3 is 10.4 Å². The fourth-order valence-corrected chi connectivity index (χ4v) is 3.09. The lowest BCUT2D eigenvalue weighted by Crippen LogP contribution is -2.33. The molecule has 0 fully saturated rings. The van der Waals surface area contributed by atoms with E-state index in [1.165, 1.54) is 0 Å². The number of aryl methyl sites for hydroxylation is 1. The highest BCUT2D eigenvalue weighted by Gasteiger charge is 2.29. The molecule has 1 amide bonds. The van der Waals surface area contributed by atoms with Gasteiger partial charge in [0.25, 0.3) is 0 Å². The Balaban J connectivity index is 2.17. The van der Waals surface area contributed by atoms with E-state index in [0.717, 1.165) is 11.3 Å². The molecule has 1 aromatic rings. The monoisotopic (exact) mass is 267 g/mol. The molecule has 1 heterocycles. The van der Waals surface area contributed by atoms with Gasteiger partial charge in [-0.15, -0.1) is 0 Å². The average molecular weight is 267 g/mol. The molecule has 0 spiro atoms. The second-order valence-electron chi connectivity index (χ2n) is 4.09. The molecule has 0 saturated carbocycles. The van der Waals surface area contributed by atoms with Crippen molar-refractivity contribution >= 4 is 28.4 Å². The van der Waals surface area contributed by atoms with Crippen LogP contribution in [0, 0.1) is 0 Å². The summed E-state index contributed by atoms with van der Waals surface area (Å²) >= 11 is 0. The average Bonchev–Trinajstić information content (AvgIpc) is 2.46. The second-order valence-corrected chi connectivity index (χ2v) is 5.71. The maximum absolute atomic E-state index is 11.9. The minimum Gasteiger partial charge on any atom is -0.481 e. The summed E-state index contributed by atoms with van der Waals surface area (Å²) in [5, 5.41) is 10.6. The normalized spacial score (nSPS) is 20.4. The van der Waals surface area contributed by atoms with Gasteiger partial charge in [-0.3, -0.25) is 13.8 Å². The van der Waals surface area contributed by atoms with Crippen molar-refractivity contribution in [2.75, 3.05) is 11.1 Å². The van der Waals surface area contributed by atoms with Gasteiger partial charge in [-0.05, 0) is 24.5 Å². The number of rotatable bonds is 3. The standard InChI is InChI=1S/C12H13NO4S/c14-11(15)7-18(17)10-6-5-8-3-1-2-4-9(8)13-12(10)16/h1-4,10H,5-7H2,(H,13,16)(H,14,15). The van der Waals surface area contributed by atoms with Gasteiger partial charge in [-0.25, -0.2) is 0 Å². The zero-order chi connectivity index (χ0) is 13.1. The van der Waals surface area contributed by atoms with Crippen LogP contribution in [0.3, 0.4) is 0 Å². The fourth-order valence-electron chi connectivity index (χ4n) is 1.96. The number of hydrogen-bond donors (Lipinski definition) is 2. The molecule has 0 aromatic heterocycles. The molecular formula is C12H13NO4S. The number of carbonyl (C=O) groups excluding carboxylic acids is 1. The summed E-state index contributed by atoms with van der Waals surface area (Å²) < 4.78 is 11.8. The zero-order valence-corrected chi connectivity index (χ0v) is 10.4. The summed E-state index contributed by atoms with van der Waals surface area (Å²) in [5.74, 6) is -2.00. The Morgan fingerprint density at radius 1 is 1.44 bits per heavy atom. The van der Waals surface area contributed by atoms with Gasteiger partial charge in [0.2, 0.25) is 5.91 Å². The molecule has 96 valence electrons. The lowest BCUT2D eigenvalue weighted by Gasteiger charge is -2.11. The van der Waals surface area contributed by atoms with Gasteiger partial charge in [-0.1, -0.05) is 18.2 Å². The lowest BCUT2D eigenvalue weighted by atomic mass is 10.1. The van der Waals surface area contributed by atoms with Crippen molar-refractivity contribution in [3.8, 4) is 0 Å². The van der Waals surface area contributed by atoms with Crippen LogP contribution in [-0.2, 0) is 26.8 Å². The molecule has 0 radical (unpaired) electrons. The second kappa shape index (κ2) is 5.30. The Kier molecular flexibility index (Phi) is 3.76. The van der Waals surface area contributed by atoms with Crippen molar-refractivity contribution in [3.05, 3.63) is 29.8 Å². The number of carboxylic acid groups (broad SMARTS) is 1. The summed E-state index contributed by atoms with van der Waals surface area (Å²) in [6.45, 7) is 0. The maximum Gasteiger partial charge on any atom is 0.316 e. The van der Waals surface area contributed by atoms with Crippen LogP contribution < -0.4 is 5.32 Å². The number of amides is 1. The van der Waals surface area contributed by atoms with Crippen molar-refractivity contribution in [1.82, 2.24) is 0 Å². The number of carbonyl (C=O) groups is 2. The third-order valence-electron chi connectivity index (χ3n) is 2.83. The topological polar surface area (TPSA) is 83.5 Å². The van der Waals surface area contributed by atoms with E-state index in [1.807, 2.05) is 18.2 Å². The molecule has 2 rings (SSSR count). The SMILES string of the molecule is O=C(O)CS(=O)C1CCc2ccccc2NC1=O. The highest BCUT2D eigenvalue weighted by Crippen LogP contribution is 2.23. The van der Waals surface area contributed by atoms with E-state index < -0.39 is 27.8 Å². The molecule has 18 heavy (non-hydrogen) atoms. The van der Waals surface area contributed by atoms with Gasteiger partial charge in [-0.2, -0.15) is 0 Å². The van der Waals surface area contributed by atoms with Gasteiger partial charge in [0, 0.05) is 16.5 Å². The first-order chi connectivity index (χ1) is 8.58. The van der Waals surface area contributed by atoms with Gasteiger partial charge >= 0.3 is 5.97 Å². The Morgan fingerprint density at radius 3 is 2.89 bits per heavy atom. The highest BCUT2D eigenvalue weighted by atomic mass is 32.2. The molecule has 2 N–H and O–H groups in total. The van der Waals surface area contributed by atoms with Crippen LogP contribution >= 0.6 is 0 Å². The van der Waals surface area contributed by atoms with Crippen LogP contribution in [0.25, 0.3) is 0 Å². The molecule has 2 unspecified atom stereocenters. The summed E-state index contributed by atoms with van der Waals surface area (Å²) in [4.78, 5) is 22.4. The predicted molar refractivity (Wildman–Crippen MR) is 67.8 cm³/mol. The first-order valence-corrected chi connectivity index (χ1v) is 6.94. The minimum absolute atomic E-state index is 0.362. The van der Waals surface area contributed by atoms with Crippen LogP contribution in [0.4, 0.5) is 5.69 Å². The number of carboxylic acids is 1. The van der Waals surface area contributed by atoms with Crippen molar-refractivity contribution in [2.45, 2.75) is 18.1 Å². The fraction of sp³-hybridized carbons (Fsp3) is 0.333. The Morgan fingerprint density at radius 2 is 2.17 bits per heavy atom. The summed E-state index contributed by atoms with van der Waals surface area (Å²) in [7, 11) is -1.68. The number of nitrogens with one attached hydrogen (secondary N) is 1. The summed E-state index contributed by atoms with van der Waals surface area (Å²) in [5.41, 5.74) is 1.71. The van der Waals surface area contributed by atoms with Crippen LogP contribution in [0.15, 0.2) is 24.3 Å². The Labute approximate surface area is 107 Å². The summed E-state index contributed by atoms with van der Waals surface area (Å²) in [6.07, 6.45) is 1.02. The van der Waals surface area contributed by atoms with Crippen LogP contribution in [0.1, 0.15) is 12.0 Å². The predicted octanol–water partition coefficient (Wildman–Crippen LogP) is 0.773. The Hall–Kier alpha value is -1.69. The third-order valence-corrected chi connectivity index (χ3v) is 4.44. The van der Waals surface area contributed by atoms with E-state index in [0.29, 0.717) is 12.8 Å². The van der Waals surface area contributed by atoms with Crippen molar-refractivity contribution in [3.63, 3.8) is 0 Å². The van der Waals surface area contributed by atoms with Crippen LogP contribution in [0.5, 0.6) is 0 Å². The maximum atomic E-state index is 11.9. The van der Waals surface area contributed by atoms with E-state index >= 15 is 0 Å². The molecule has 0 saturated heterocycles. The molecule has 6 heteroatoms. The van der Waals surface area contributed by atoms with Gasteiger partial charge in [0.1, 0.15) is 11.0 Å². The molecule has 0 aliphatic carbocycles. The third kappa shape index (κ3) is 2.76. The number of hydrogen-bond acceptors (Lipinski definition) is 3. The summed E-state index contributed by atoms with van der Waals surface area (Å²) in [6, 6.07) is 7.38. The molecule has 0 bridgehead atoms. The van der Waals surface area contributed by atoms with Crippen molar-refractivity contribution in [1.29, 1.82) is 0 Å². The van der Waals surface area contributed by atoms with E-state index in [9.17, 15) is 13.8 Å². The first kappa shape index (κ1) is 12.8. The first-order valence-electron chi connectivity index (χ1n) is 5.55. The van der Waals surface area contributed by atoms with E-state index in [-0.39, 0.29) is 5.91 Å². The van der Waals surface area contributed by atoms with Gasteiger partial charge in [0.15, 0.2) is 0 Å². The molecule has 5 nitrogen and oxygen atoms in total. The molecule has 1 aromatic carbocycles. The lowest BCUT2D eigenvalue weighted by molar-refractivity contribution is -0.133. The van der Waals surface area contributed by atoms with Gasteiger partial charge in [0.05, 0.1) is 0 Å². The zero-order valence-electron chi connectivity index (χ0n) is 9.59. The molecule has 2 atom stereocenters. The van der Waals surface area contributed by atoms with Crippen LogP contribution in [-0.4, -0.2) is 32.2 Å². The number of benzene rings is 1. The minimum atomic E-state index is -1.68. The van der Waals surface area contributed by atoms with Crippen molar-refractivity contribution in [2.24, 2.45) is 0 Å². The van der Waals surface area contributed by atoms with E-state index in [2.05, 4.69) is 5.32 Å². The smallest absolute Gasteiger partial charge is 0.316 e.